The van der Waals surface area contributed by atoms with Gasteiger partial charge in [-0.15, -0.1) is 0 Å². The normalized spacial score (nSPS) is 12.0. The highest BCUT2D eigenvalue weighted by molar-refractivity contribution is 5.89. The van der Waals surface area contributed by atoms with Gasteiger partial charge in [0.1, 0.15) is 5.75 Å². The van der Waals surface area contributed by atoms with Crippen LogP contribution in [0.25, 0.3) is 17.2 Å². The van der Waals surface area contributed by atoms with Gasteiger partial charge < -0.3 is 14.2 Å². The van der Waals surface area contributed by atoms with Crippen molar-refractivity contribution in [2.45, 2.75) is 0 Å². The van der Waals surface area contributed by atoms with Gasteiger partial charge in [0.25, 0.3) is 0 Å². The third kappa shape index (κ3) is 3.87. The molecule has 0 radical (unpaired) electrons. The zero-order chi connectivity index (χ0) is 19.3. The molecule has 0 saturated carbocycles. The summed E-state index contributed by atoms with van der Waals surface area (Å²) in [6.45, 7) is 0.211. The van der Waals surface area contributed by atoms with Crippen LogP contribution in [0, 0.1) is 11.3 Å². The van der Waals surface area contributed by atoms with E-state index >= 15 is 0 Å². The molecule has 3 aromatic carbocycles. The first-order chi connectivity index (χ1) is 13.7. The Morgan fingerprint density at radius 3 is 2.32 bits per heavy atom. The van der Waals surface area contributed by atoms with E-state index in [4.69, 9.17) is 19.5 Å². The number of nitriles is 1. The van der Waals surface area contributed by atoms with Crippen molar-refractivity contribution < 1.29 is 19.0 Å². The van der Waals surface area contributed by atoms with E-state index in [0.29, 0.717) is 22.8 Å². The van der Waals surface area contributed by atoms with Gasteiger partial charge in [-0.1, -0.05) is 30.3 Å². The van der Waals surface area contributed by atoms with E-state index in [1.807, 2.05) is 30.3 Å². The van der Waals surface area contributed by atoms with E-state index in [0.717, 1.165) is 16.7 Å². The molecular weight excluding hydrogens is 354 g/mol. The molecule has 136 valence electrons. The molecule has 28 heavy (non-hydrogen) atoms. The monoisotopic (exact) mass is 369 g/mol. The van der Waals surface area contributed by atoms with Crippen molar-refractivity contribution in [3.8, 4) is 34.4 Å². The van der Waals surface area contributed by atoms with Gasteiger partial charge in [-0.05, 0) is 59.2 Å². The molecule has 0 bridgehead atoms. The molecule has 1 aliphatic rings. The number of carbonyl (C=O) groups is 1. The van der Waals surface area contributed by atoms with Crippen LogP contribution in [0.4, 0.5) is 0 Å². The Bertz CT molecular complexity index is 1080. The Hall–Kier alpha value is -4.04. The molecule has 0 saturated heterocycles. The number of rotatable bonds is 4. The molecule has 4 rings (SSSR count). The van der Waals surface area contributed by atoms with Crippen molar-refractivity contribution in [1.29, 1.82) is 5.26 Å². The molecule has 0 atom stereocenters. The first kappa shape index (κ1) is 17.4. The number of fused-ring (bicyclic) bond motifs is 1. The van der Waals surface area contributed by atoms with Gasteiger partial charge in [0.05, 0.1) is 11.6 Å². The minimum atomic E-state index is -0.469. The average molecular weight is 369 g/mol. The molecule has 0 N–H and O–H groups in total. The summed E-state index contributed by atoms with van der Waals surface area (Å²) in [5.74, 6) is 1.34. The topological polar surface area (TPSA) is 68.5 Å². The predicted octanol–water partition coefficient (Wildman–Crippen LogP) is 4.57. The summed E-state index contributed by atoms with van der Waals surface area (Å²) in [5.41, 5.74) is 3.39. The summed E-state index contributed by atoms with van der Waals surface area (Å²) >= 11 is 0. The van der Waals surface area contributed by atoms with Crippen molar-refractivity contribution in [3.05, 3.63) is 83.9 Å². The van der Waals surface area contributed by atoms with Gasteiger partial charge in [-0.25, -0.2) is 4.79 Å². The molecule has 0 aromatic heterocycles. The number of esters is 1. The molecule has 5 heteroatoms. The van der Waals surface area contributed by atoms with Gasteiger partial charge in [-0.3, -0.25) is 0 Å². The summed E-state index contributed by atoms with van der Waals surface area (Å²) in [6, 6.07) is 22.0. The molecule has 0 fully saturated rings. The highest BCUT2D eigenvalue weighted by Gasteiger charge is 2.12. The van der Waals surface area contributed by atoms with E-state index in [-0.39, 0.29) is 6.79 Å². The Morgan fingerprint density at radius 2 is 1.61 bits per heavy atom. The molecule has 0 amide bonds. The van der Waals surface area contributed by atoms with Crippen LogP contribution in [-0.4, -0.2) is 12.8 Å². The van der Waals surface area contributed by atoms with Crippen molar-refractivity contribution in [1.82, 2.24) is 0 Å². The quantitative estimate of drug-likeness (QED) is 0.383. The highest BCUT2D eigenvalue weighted by Crippen LogP contribution is 2.32. The zero-order valence-electron chi connectivity index (χ0n) is 14.8. The van der Waals surface area contributed by atoms with E-state index in [2.05, 4.69) is 6.07 Å². The van der Waals surface area contributed by atoms with Crippen molar-refractivity contribution in [3.63, 3.8) is 0 Å². The molecule has 3 aromatic rings. The lowest BCUT2D eigenvalue weighted by molar-refractivity contribution is -0.128. The Balaban J connectivity index is 1.39. The highest BCUT2D eigenvalue weighted by atomic mass is 16.7. The third-order valence-electron chi connectivity index (χ3n) is 4.23. The van der Waals surface area contributed by atoms with Crippen LogP contribution in [0.1, 0.15) is 11.1 Å². The van der Waals surface area contributed by atoms with Crippen LogP contribution in [0.5, 0.6) is 17.2 Å². The van der Waals surface area contributed by atoms with Gasteiger partial charge in [0.15, 0.2) is 11.5 Å². The lowest BCUT2D eigenvalue weighted by Gasteiger charge is -2.05. The third-order valence-corrected chi connectivity index (χ3v) is 4.23. The minimum absolute atomic E-state index is 0.211. The summed E-state index contributed by atoms with van der Waals surface area (Å²) in [6.07, 6.45) is 3.03. The van der Waals surface area contributed by atoms with Gasteiger partial charge in [0, 0.05) is 6.08 Å². The van der Waals surface area contributed by atoms with Gasteiger partial charge in [0.2, 0.25) is 6.79 Å². The maximum absolute atomic E-state index is 12.0. The second kappa shape index (κ2) is 7.68. The van der Waals surface area contributed by atoms with Crippen LogP contribution >= 0.6 is 0 Å². The van der Waals surface area contributed by atoms with Crippen molar-refractivity contribution in [2.24, 2.45) is 0 Å². The first-order valence-electron chi connectivity index (χ1n) is 8.61. The molecule has 5 nitrogen and oxygen atoms in total. The Labute approximate surface area is 162 Å². The Kier molecular flexibility index (Phi) is 4.77. The second-order valence-electron chi connectivity index (χ2n) is 6.08. The predicted molar refractivity (Wildman–Crippen MR) is 104 cm³/mol. The van der Waals surface area contributed by atoms with Crippen LogP contribution in [0.15, 0.2) is 72.8 Å². The summed E-state index contributed by atoms with van der Waals surface area (Å²) < 4.78 is 15.9. The van der Waals surface area contributed by atoms with Crippen LogP contribution < -0.4 is 14.2 Å². The zero-order valence-corrected chi connectivity index (χ0v) is 14.8. The maximum atomic E-state index is 12.0. The minimum Gasteiger partial charge on any atom is -0.454 e. The van der Waals surface area contributed by atoms with Gasteiger partial charge >= 0.3 is 5.97 Å². The number of hydrogen-bond donors (Lipinski definition) is 0. The van der Waals surface area contributed by atoms with Crippen molar-refractivity contribution in [2.75, 3.05) is 6.79 Å². The van der Waals surface area contributed by atoms with E-state index in [1.165, 1.54) is 6.08 Å². The largest absolute Gasteiger partial charge is 0.454 e. The van der Waals surface area contributed by atoms with Gasteiger partial charge in [-0.2, -0.15) is 5.26 Å². The van der Waals surface area contributed by atoms with E-state index in [9.17, 15) is 4.79 Å². The molecule has 1 aliphatic heterocycles. The fourth-order valence-corrected chi connectivity index (χ4v) is 2.78. The summed E-state index contributed by atoms with van der Waals surface area (Å²) in [4.78, 5) is 12.0. The number of carbonyl (C=O) groups excluding carboxylic acids is 1. The molecule has 0 unspecified atom stereocenters. The fraction of sp³-hybridized carbons (Fsp3) is 0.0435. The molecular formula is C23H15NO4. The number of nitrogens with zero attached hydrogens (tertiary/aromatic N) is 1. The van der Waals surface area contributed by atoms with Crippen molar-refractivity contribution >= 4 is 12.0 Å². The summed E-state index contributed by atoms with van der Waals surface area (Å²) in [7, 11) is 0. The lowest BCUT2D eigenvalue weighted by atomic mass is 10.0. The maximum Gasteiger partial charge on any atom is 0.336 e. The van der Waals surface area contributed by atoms with Crippen LogP contribution in [-0.2, 0) is 4.79 Å². The second-order valence-corrected chi connectivity index (χ2v) is 6.08. The van der Waals surface area contributed by atoms with Crippen LogP contribution in [0.3, 0.4) is 0 Å². The summed E-state index contributed by atoms with van der Waals surface area (Å²) in [5, 5.41) is 8.86. The average Bonchev–Trinajstić information content (AvgIpc) is 3.21. The smallest absolute Gasteiger partial charge is 0.336 e. The number of hydrogen-bond acceptors (Lipinski definition) is 5. The first-order valence-corrected chi connectivity index (χ1v) is 8.61. The fourth-order valence-electron chi connectivity index (χ4n) is 2.78. The SMILES string of the molecule is N#Cc1ccc(-c2ccc(OC(=O)C=Cc3ccc4c(c3)OCO4)cc2)cc1. The standard InChI is InChI=1S/C23H15NO4/c24-14-17-1-5-18(6-2-17)19-7-9-20(10-8-19)28-23(25)12-4-16-3-11-21-22(13-16)27-15-26-21/h1-13H,15H2. The molecule has 0 spiro atoms. The van der Waals surface area contributed by atoms with E-state index < -0.39 is 5.97 Å². The molecule has 0 aliphatic carbocycles. The molecule has 1 heterocycles. The number of ether oxygens (including phenoxy) is 3. The lowest BCUT2D eigenvalue weighted by Crippen LogP contribution is -2.03. The number of benzene rings is 3. The van der Waals surface area contributed by atoms with Crippen LogP contribution in [0.2, 0.25) is 0 Å². The Morgan fingerprint density at radius 1 is 0.929 bits per heavy atom. The van der Waals surface area contributed by atoms with E-state index in [1.54, 1.807) is 42.5 Å².